The Morgan fingerprint density at radius 3 is 2.43 bits per heavy atom. The van der Waals surface area contributed by atoms with Crippen LogP contribution in [0.1, 0.15) is 20.7 Å². The van der Waals surface area contributed by atoms with Gasteiger partial charge in [-0.2, -0.15) is 0 Å². The first kappa shape index (κ1) is 15.0. The predicted molar refractivity (Wildman–Crippen MR) is 75.1 cm³/mol. The Morgan fingerprint density at radius 1 is 1.19 bits per heavy atom. The number of carboxylic acid groups (broad SMARTS) is 1. The van der Waals surface area contributed by atoms with Crippen molar-refractivity contribution < 1.29 is 23.8 Å². The fraction of sp³-hybridized carbons (Fsp3) is 0.0667. The number of halogens is 2. The lowest BCUT2D eigenvalue weighted by Gasteiger charge is -2.07. The van der Waals surface area contributed by atoms with E-state index in [0.717, 1.165) is 6.07 Å². The third-order valence-corrected chi connectivity index (χ3v) is 3.21. The number of methoxy groups -OCH3 is 1. The van der Waals surface area contributed by atoms with E-state index in [1.807, 2.05) is 0 Å². The molecule has 0 atom stereocenters. The third-order valence-electron chi connectivity index (χ3n) is 2.90. The maximum atomic E-state index is 14.0. The van der Waals surface area contributed by atoms with Crippen molar-refractivity contribution in [2.24, 2.45) is 0 Å². The lowest BCUT2D eigenvalue weighted by atomic mass is 10.0. The van der Waals surface area contributed by atoms with E-state index < -0.39 is 17.8 Å². The van der Waals surface area contributed by atoms with Crippen LogP contribution in [0, 0.1) is 5.82 Å². The minimum Gasteiger partial charge on any atom is -0.478 e. The monoisotopic (exact) mass is 308 g/mol. The van der Waals surface area contributed by atoms with Crippen molar-refractivity contribution in [3.63, 3.8) is 0 Å². The van der Waals surface area contributed by atoms with Crippen LogP contribution in [0.5, 0.6) is 0 Å². The van der Waals surface area contributed by atoms with Crippen LogP contribution in [0.4, 0.5) is 4.39 Å². The molecule has 0 aliphatic carbocycles. The van der Waals surface area contributed by atoms with Crippen molar-refractivity contribution in [2.75, 3.05) is 7.11 Å². The molecule has 108 valence electrons. The predicted octanol–water partition coefficient (Wildman–Crippen LogP) is 3.63. The lowest BCUT2D eigenvalue weighted by Crippen LogP contribution is -2.02. The maximum absolute atomic E-state index is 14.0. The zero-order valence-electron chi connectivity index (χ0n) is 10.9. The molecule has 0 aromatic heterocycles. The minimum absolute atomic E-state index is 0.126. The first-order valence-corrected chi connectivity index (χ1v) is 6.23. The molecule has 0 spiro atoms. The van der Waals surface area contributed by atoms with Crippen LogP contribution >= 0.6 is 11.6 Å². The van der Waals surface area contributed by atoms with Gasteiger partial charge in [0, 0.05) is 5.56 Å². The van der Waals surface area contributed by atoms with Gasteiger partial charge in [-0.15, -0.1) is 0 Å². The molecule has 0 unspecified atom stereocenters. The van der Waals surface area contributed by atoms with Gasteiger partial charge in [0.2, 0.25) is 0 Å². The highest BCUT2D eigenvalue weighted by Crippen LogP contribution is 2.28. The van der Waals surface area contributed by atoms with Crippen LogP contribution in [0.15, 0.2) is 36.4 Å². The van der Waals surface area contributed by atoms with Crippen LogP contribution in [-0.4, -0.2) is 24.2 Å². The summed E-state index contributed by atoms with van der Waals surface area (Å²) in [6, 6.07) is 7.93. The number of carbonyl (C=O) groups is 2. The lowest BCUT2D eigenvalue weighted by molar-refractivity contribution is 0.0600. The van der Waals surface area contributed by atoms with Crippen molar-refractivity contribution in [3.05, 3.63) is 58.4 Å². The number of hydrogen-bond acceptors (Lipinski definition) is 3. The molecule has 0 saturated carbocycles. The quantitative estimate of drug-likeness (QED) is 0.879. The molecule has 1 N–H and O–H groups in total. The molecule has 2 aromatic carbocycles. The average molecular weight is 309 g/mol. The molecule has 0 aliphatic rings. The number of esters is 1. The van der Waals surface area contributed by atoms with Crippen molar-refractivity contribution in [2.45, 2.75) is 0 Å². The summed E-state index contributed by atoms with van der Waals surface area (Å²) >= 11 is 5.97. The second-order valence-electron chi connectivity index (χ2n) is 4.19. The van der Waals surface area contributed by atoms with Crippen LogP contribution < -0.4 is 0 Å². The Hall–Kier alpha value is -2.40. The molecule has 0 heterocycles. The number of carboxylic acids is 1. The van der Waals surface area contributed by atoms with Gasteiger partial charge >= 0.3 is 11.9 Å². The number of ether oxygens (including phenoxy) is 1. The molecule has 2 aromatic rings. The minimum atomic E-state index is -1.21. The third kappa shape index (κ3) is 3.03. The van der Waals surface area contributed by atoms with E-state index in [-0.39, 0.29) is 21.7 Å². The summed E-state index contributed by atoms with van der Waals surface area (Å²) in [5, 5.41) is 8.93. The summed E-state index contributed by atoms with van der Waals surface area (Å²) in [5.41, 5.74) is 0.652. The zero-order chi connectivity index (χ0) is 15.6. The number of rotatable bonds is 3. The molecular formula is C15H10ClFO4. The van der Waals surface area contributed by atoms with Gasteiger partial charge in [-0.05, 0) is 29.8 Å². The van der Waals surface area contributed by atoms with Crippen molar-refractivity contribution in [1.82, 2.24) is 0 Å². The zero-order valence-corrected chi connectivity index (χ0v) is 11.6. The molecule has 0 radical (unpaired) electrons. The largest absolute Gasteiger partial charge is 0.478 e. The second-order valence-corrected chi connectivity index (χ2v) is 4.59. The maximum Gasteiger partial charge on any atom is 0.339 e. The van der Waals surface area contributed by atoms with Gasteiger partial charge in [0.15, 0.2) is 0 Å². The highest BCUT2D eigenvalue weighted by molar-refractivity contribution is 6.33. The normalized spacial score (nSPS) is 10.2. The Bertz CT molecular complexity index is 728. The van der Waals surface area contributed by atoms with Gasteiger partial charge in [0.25, 0.3) is 0 Å². The van der Waals surface area contributed by atoms with E-state index in [9.17, 15) is 14.0 Å². The van der Waals surface area contributed by atoms with Gasteiger partial charge in [-0.25, -0.2) is 14.0 Å². The molecule has 0 amide bonds. The van der Waals surface area contributed by atoms with Crippen LogP contribution in [-0.2, 0) is 4.74 Å². The van der Waals surface area contributed by atoms with Crippen molar-refractivity contribution in [1.29, 1.82) is 0 Å². The molecule has 4 nitrogen and oxygen atoms in total. The Labute approximate surface area is 124 Å². The number of hydrogen-bond donors (Lipinski definition) is 1. The fourth-order valence-electron chi connectivity index (χ4n) is 1.84. The van der Waals surface area contributed by atoms with Gasteiger partial charge < -0.3 is 9.84 Å². The Balaban J connectivity index is 2.46. The summed E-state index contributed by atoms with van der Waals surface area (Å²) in [7, 11) is 1.23. The second kappa shape index (κ2) is 5.93. The molecule has 6 heteroatoms. The number of aromatic carboxylic acids is 1. The SMILES string of the molecule is COC(=O)c1ccc(-c2ccc(C(=O)O)cc2F)cc1Cl. The molecule has 0 fully saturated rings. The van der Waals surface area contributed by atoms with E-state index in [1.165, 1.54) is 37.4 Å². The van der Waals surface area contributed by atoms with Gasteiger partial charge in [-0.1, -0.05) is 23.7 Å². The fourth-order valence-corrected chi connectivity index (χ4v) is 2.10. The molecule has 0 aliphatic heterocycles. The first-order valence-electron chi connectivity index (χ1n) is 5.85. The Kier molecular flexibility index (Phi) is 4.23. The molecule has 2 rings (SSSR count). The van der Waals surface area contributed by atoms with E-state index in [0.29, 0.717) is 5.56 Å². The van der Waals surface area contributed by atoms with E-state index in [2.05, 4.69) is 4.74 Å². The highest BCUT2D eigenvalue weighted by atomic mass is 35.5. The van der Waals surface area contributed by atoms with Crippen LogP contribution in [0.25, 0.3) is 11.1 Å². The van der Waals surface area contributed by atoms with Crippen LogP contribution in [0.3, 0.4) is 0 Å². The van der Waals surface area contributed by atoms with Crippen LogP contribution in [0.2, 0.25) is 5.02 Å². The van der Waals surface area contributed by atoms with E-state index in [4.69, 9.17) is 16.7 Å². The highest BCUT2D eigenvalue weighted by Gasteiger charge is 2.14. The summed E-state index contributed by atoms with van der Waals surface area (Å²) in [6.07, 6.45) is 0. The van der Waals surface area contributed by atoms with Crippen molar-refractivity contribution in [3.8, 4) is 11.1 Å². The Morgan fingerprint density at radius 2 is 1.90 bits per heavy atom. The molecular weight excluding hydrogens is 299 g/mol. The summed E-state index contributed by atoms with van der Waals surface area (Å²) in [5.74, 6) is -2.48. The van der Waals surface area contributed by atoms with Gasteiger partial charge in [0.1, 0.15) is 5.82 Å². The summed E-state index contributed by atoms with van der Waals surface area (Å²) in [6.45, 7) is 0. The first-order chi connectivity index (χ1) is 9.93. The van der Waals surface area contributed by atoms with Gasteiger partial charge in [-0.3, -0.25) is 0 Å². The summed E-state index contributed by atoms with van der Waals surface area (Å²) < 4.78 is 18.5. The van der Waals surface area contributed by atoms with Crippen molar-refractivity contribution >= 4 is 23.5 Å². The topological polar surface area (TPSA) is 63.6 Å². The number of carbonyl (C=O) groups excluding carboxylic acids is 1. The van der Waals surface area contributed by atoms with Gasteiger partial charge in [0.05, 0.1) is 23.3 Å². The summed E-state index contributed by atoms with van der Waals surface area (Å²) in [4.78, 5) is 22.2. The van der Waals surface area contributed by atoms with E-state index in [1.54, 1.807) is 0 Å². The smallest absolute Gasteiger partial charge is 0.339 e. The average Bonchev–Trinajstić information content (AvgIpc) is 2.46. The molecule has 0 saturated heterocycles. The standard InChI is InChI=1S/C15H10ClFO4/c1-21-15(20)11-5-2-8(6-12(11)16)10-4-3-9(14(18)19)7-13(10)17/h2-7H,1H3,(H,18,19). The molecule has 21 heavy (non-hydrogen) atoms. The molecule has 0 bridgehead atoms. The number of benzene rings is 2. The van der Waals surface area contributed by atoms with E-state index >= 15 is 0 Å².